The Bertz CT molecular complexity index is 829. The topological polar surface area (TPSA) is 84.9 Å². The van der Waals surface area contributed by atoms with Crippen LogP contribution < -0.4 is 10.6 Å². The van der Waals surface area contributed by atoms with Gasteiger partial charge in [0.15, 0.2) is 0 Å². The van der Waals surface area contributed by atoms with Crippen LogP contribution in [0.25, 0.3) is 0 Å². The second-order valence-corrected chi connectivity index (χ2v) is 10.5. The number of aliphatic hydroxyl groups excluding tert-OH is 1. The first-order valence-corrected chi connectivity index (χ1v) is 11.7. The molecule has 7 heteroatoms. The van der Waals surface area contributed by atoms with Crippen LogP contribution in [0.1, 0.15) is 52.7 Å². The zero-order valence-corrected chi connectivity index (χ0v) is 21.3. The van der Waals surface area contributed by atoms with Gasteiger partial charge in [0, 0.05) is 24.2 Å². The minimum atomic E-state index is -0.914. The highest BCUT2D eigenvalue weighted by atomic mass is 16.3. The van der Waals surface area contributed by atoms with Crippen molar-refractivity contribution in [1.82, 2.24) is 20.4 Å². The molecule has 2 aromatic rings. The Hall–Kier alpha value is -3.06. The van der Waals surface area contributed by atoms with E-state index in [1.165, 1.54) is 0 Å². The summed E-state index contributed by atoms with van der Waals surface area (Å²) >= 11 is 0. The van der Waals surface area contributed by atoms with Gasteiger partial charge in [0.2, 0.25) is 0 Å². The van der Waals surface area contributed by atoms with Gasteiger partial charge in [-0.15, -0.1) is 0 Å². The quantitative estimate of drug-likeness (QED) is 0.538. The molecule has 0 bridgehead atoms. The van der Waals surface area contributed by atoms with E-state index < -0.39 is 17.2 Å². The summed E-state index contributed by atoms with van der Waals surface area (Å²) in [6.07, 6.45) is -0.914. The minimum Gasteiger partial charge on any atom is -0.389 e. The SMILES string of the molecule is CC(C)(C)N(CC(O)CN(C(=O)NCc1ccccc1)C(C)(C)C)C(=O)NCc1ccccc1. The van der Waals surface area contributed by atoms with Gasteiger partial charge in [-0.25, -0.2) is 9.59 Å². The van der Waals surface area contributed by atoms with Crippen LogP contribution in [-0.2, 0) is 13.1 Å². The fourth-order valence-electron chi connectivity index (χ4n) is 3.54. The lowest BCUT2D eigenvalue weighted by Gasteiger charge is -2.40. The highest BCUT2D eigenvalue weighted by molar-refractivity contribution is 5.76. The second kappa shape index (κ2) is 11.9. The highest BCUT2D eigenvalue weighted by Crippen LogP contribution is 2.18. The molecule has 0 aromatic heterocycles. The zero-order chi connectivity index (χ0) is 25.4. The van der Waals surface area contributed by atoms with E-state index in [4.69, 9.17) is 0 Å². The van der Waals surface area contributed by atoms with E-state index in [-0.39, 0.29) is 25.2 Å². The summed E-state index contributed by atoms with van der Waals surface area (Å²) in [5.41, 5.74) is 0.979. The summed E-state index contributed by atoms with van der Waals surface area (Å²) in [6, 6.07) is 18.9. The Morgan fingerprint density at radius 2 is 1.03 bits per heavy atom. The van der Waals surface area contributed by atoms with Crippen molar-refractivity contribution >= 4 is 12.1 Å². The summed E-state index contributed by atoms with van der Waals surface area (Å²) in [6.45, 7) is 12.6. The summed E-state index contributed by atoms with van der Waals surface area (Å²) in [5, 5.41) is 16.8. The Balaban J connectivity index is 2.02. The van der Waals surface area contributed by atoms with E-state index in [0.29, 0.717) is 13.1 Å². The van der Waals surface area contributed by atoms with Gasteiger partial charge in [-0.1, -0.05) is 60.7 Å². The van der Waals surface area contributed by atoms with Crippen LogP contribution in [0, 0.1) is 0 Å². The van der Waals surface area contributed by atoms with E-state index in [1.54, 1.807) is 9.80 Å². The van der Waals surface area contributed by atoms with Gasteiger partial charge in [0.1, 0.15) is 0 Å². The summed E-state index contributed by atoms with van der Waals surface area (Å²) in [7, 11) is 0. The molecule has 0 aliphatic rings. The molecule has 186 valence electrons. The maximum Gasteiger partial charge on any atom is 0.318 e. The predicted octanol–water partition coefficient (Wildman–Crippen LogP) is 4.37. The third kappa shape index (κ3) is 8.71. The Morgan fingerprint density at radius 1 is 0.706 bits per heavy atom. The number of aliphatic hydroxyl groups is 1. The van der Waals surface area contributed by atoms with Crippen molar-refractivity contribution in [2.75, 3.05) is 13.1 Å². The normalized spacial score (nSPS) is 11.8. The van der Waals surface area contributed by atoms with E-state index in [1.807, 2.05) is 102 Å². The number of amides is 4. The average Bonchev–Trinajstić information content (AvgIpc) is 2.77. The molecule has 2 aromatic carbocycles. The average molecular weight is 469 g/mol. The van der Waals surface area contributed by atoms with E-state index >= 15 is 0 Å². The monoisotopic (exact) mass is 468 g/mol. The maximum absolute atomic E-state index is 13.0. The molecule has 0 saturated heterocycles. The number of nitrogens with one attached hydrogen (secondary N) is 2. The van der Waals surface area contributed by atoms with E-state index in [9.17, 15) is 14.7 Å². The number of carbonyl (C=O) groups excluding carboxylic acids is 2. The van der Waals surface area contributed by atoms with Crippen LogP contribution in [0.3, 0.4) is 0 Å². The van der Waals surface area contributed by atoms with Crippen molar-refractivity contribution in [2.24, 2.45) is 0 Å². The fourth-order valence-corrected chi connectivity index (χ4v) is 3.54. The first-order chi connectivity index (χ1) is 15.9. The van der Waals surface area contributed by atoms with Crippen molar-refractivity contribution in [3.63, 3.8) is 0 Å². The number of β-amino-alcohol motifs (C(OH)–C–C–N with tert-alkyl or cyclic N) is 1. The van der Waals surface area contributed by atoms with Gasteiger partial charge in [-0.05, 0) is 52.7 Å². The molecule has 0 spiro atoms. The molecule has 2 rings (SSSR count). The Kier molecular flexibility index (Phi) is 9.50. The fraction of sp³-hybridized carbons (Fsp3) is 0.481. The molecule has 0 atom stereocenters. The first-order valence-electron chi connectivity index (χ1n) is 11.7. The van der Waals surface area contributed by atoms with Crippen LogP contribution in [0.15, 0.2) is 60.7 Å². The second-order valence-electron chi connectivity index (χ2n) is 10.5. The smallest absolute Gasteiger partial charge is 0.318 e. The minimum absolute atomic E-state index is 0.0999. The first kappa shape index (κ1) is 27.2. The van der Waals surface area contributed by atoms with Crippen LogP contribution in [0.5, 0.6) is 0 Å². The molecule has 4 amide bonds. The highest BCUT2D eigenvalue weighted by Gasteiger charge is 2.32. The largest absolute Gasteiger partial charge is 0.389 e. The lowest BCUT2D eigenvalue weighted by Crippen LogP contribution is -2.57. The molecule has 0 saturated carbocycles. The Morgan fingerprint density at radius 3 is 1.32 bits per heavy atom. The molecular formula is C27H40N4O3. The number of rotatable bonds is 8. The van der Waals surface area contributed by atoms with Crippen molar-refractivity contribution in [2.45, 2.75) is 71.8 Å². The number of nitrogens with zero attached hydrogens (tertiary/aromatic N) is 2. The maximum atomic E-state index is 13.0. The van der Waals surface area contributed by atoms with Gasteiger partial charge in [-0.3, -0.25) is 0 Å². The number of benzene rings is 2. The van der Waals surface area contributed by atoms with Crippen molar-refractivity contribution < 1.29 is 14.7 Å². The van der Waals surface area contributed by atoms with Crippen LogP contribution in [0.4, 0.5) is 9.59 Å². The summed E-state index contributed by atoms with van der Waals surface area (Å²) in [4.78, 5) is 29.2. The molecule has 0 aliphatic heterocycles. The molecule has 3 N–H and O–H groups in total. The van der Waals surface area contributed by atoms with Gasteiger partial charge in [0.05, 0.1) is 19.2 Å². The van der Waals surface area contributed by atoms with Crippen molar-refractivity contribution in [3.8, 4) is 0 Å². The van der Waals surface area contributed by atoms with Crippen LogP contribution >= 0.6 is 0 Å². The summed E-state index contributed by atoms with van der Waals surface area (Å²) in [5.74, 6) is 0. The predicted molar refractivity (Wildman–Crippen MR) is 136 cm³/mol. The number of hydrogen-bond acceptors (Lipinski definition) is 3. The van der Waals surface area contributed by atoms with Gasteiger partial charge in [-0.2, -0.15) is 0 Å². The van der Waals surface area contributed by atoms with Crippen LogP contribution in [-0.4, -0.2) is 57.2 Å². The molecule has 0 heterocycles. The summed E-state index contributed by atoms with van der Waals surface area (Å²) < 4.78 is 0. The number of urea groups is 2. The lowest BCUT2D eigenvalue weighted by molar-refractivity contribution is 0.0433. The molecule has 0 unspecified atom stereocenters. The molecule has 34 heavy (non-hydrogen) atoms. The lowest BCUT2D eigenvalue weighted by atomic mass is 10.0. The molecule has 0 aliphatic carbocycles. The van der Waals surface area contributed by atoms with Gasteiger partial charge in [0.25, 0.3) is 0 Å². The molecule has 0 radical (unpaired) electrons. The van der Waals surface area contributed by atoms with Crippen LogP contribution in [0.2, 0.25) is 0 Å². The molecule has 0 fully saturated rings. The van der Waals surface area contributed by atoms with Gasteiger partial charge < -0.3 is 25.5 Å². The van der Waals surface area contributed by atoms with Crippen molar-refractivity contribution in [1.29, 1.82) is 0 Å². The molecular weight excluding hydrogens is 428 g/mol. The van der Waals surface area contributed by atoms with Crippen molar-refractivity contribution in [3.05, 3.63) is 71.8 Å². The van der Waals surface area contributed by atoms with E-state index in [2.05, 4.69) is 10.6 Å². The number of carbonyl (C=O) groups is 2. The standard InChI is InChI=1S/C27H40N4O3/c1-26(2,3)30(24(33)28-17-21-13-9-7-10-14-21)19-23(32)20-31(27(4,5)6)25(34)29-18-22-15-11-8-12-16-22/h7-16,23,32H,17-20H2,1-6H3,(H,28,33)(H,29,34). The molecule has 7 nitrogen and oxygen atoms in total. The zero-order valence-electron chi connectivity index (χ0n) is 21.3. The van der Waals surface area contributed by atoms with Gasteiger partial charge >= 0.3 is 12.1 Å². The third-order valence-electron chi connectivity index (χ3n) is 5.47. The van der Waals surface area contributed by atoms with E-state index in [0.717, 1.165) is 11.1 Å². The third-order valence-corrected chi connectivity index (χ3v) is 5.47. The Labute approximate surface area is 204 Å². The number of hydrogen-bond donors (Lipinski definition) is 3.